The fourth-order valence-electron chi connectivity index (χ4n) is 1.65. The molecule has 0 fully saturated rings. The molecule has 1 N–H and O–H groups in total. The topological polar surface area (TPSA) is 77.6 Å². The third-order valence-corrected chi connectivity index (χ3v) is 2.59. The van der Waals surface area contributed by atoms with Crippen molar-refractivity contribution in [3.05, 3.63) is 16.6 Å². The number of hydrogen-bond acceptors (Lipinski definition) is 5. The maximum atomic E-state index is 12.0. The summed E-state index contributed by atoms with van der Waals surface area (Å²) in [6, 6.07) is 0. The van der Waals surface area contributed by atoms with Gasteiger partial charge in [-0.1, -0.05) is 12.1 Å². The first-order valence-electron chi connectivity index (χ1n) is 5.70. The van der Waals surface area contributed by atoms with E-state index >= 15 is 0 Å². The molecule has 0 saturated heterocycles. The predicted molar refractivity (Wildman–Crippen MR) is 63.7 cm³/mol. The van der Waals surface area contributed by atoms with Gasteiger partial charge in [-0.2, -0.15) is 5.10 Å². The van der Waals surface area contributed by atoms with Gasteiger partial charge < -0.3 is 5.32 Å². The summed E-state index contributed by atoms with van der Waals surface area (Å²) in [5, 5.41) is 15.6. The summed E-state index contributed by atoms with van der Waals surface area (Å²) in [4.78, 5) is 12.0. The Morgan fingerprint density at radius 1 is 1.47 bits per heavy atom. The van der Waals surface area contributed by atoms with Gasteiger partial charge >= 0.3 is 0 Å². The summed E-state index contributed by atoms with van der Waals surface area (Å²) in [5.74, 6) is 0. The molecule has 2 heterocycles. The molecular formula is C10H16N6O. The number of rotatable bonds is 5. The van der Waals surface area contributed by atoms with E-state index in [2.05, 4.69) is 20.7 Å². The highest BCUT2D eigenvalue weighted by atomic mass is 16.1. The van der Waals surface area contributed by atoms with E-state index in [0.717, 1.165) is 19.5 Å². The van der Waals surface area contributed by atoms with E-state index in [4.69, 9.17) is 0 Å². The fourth-order valence-corrected chi connectivity index (χ4v) is 1.65. The molecule has 0 saturated carbocycles. The van der Waals surface area contributed by atoms with E-state index < -0.39 is 0 Å². The van der Waals surface area contributed by atoms with Crippen molar-refractivity contribution in [3.8, 4) is 0 Å². The van der Waals surface area contributed by atoms with Gasteiger partial charge in [-0.3, -0.25) is 4.79 Å². The molecule has 2 aromatic heterocycles. The summed E-state index contributed by atoms with van der Waals surface area (Å²) < 4.78 is 2.94. The van der Waals surface area contributed by atoms with Crippen LogP contribution < -0.4 is 10.9 Å². The van der Waals surface area contributed by atoms with E-state index in [1.807, 2.05) is 6.92 Å². The van der Waals surface area contributed by atoms with Gasteiger partial charge in [-0.05, 0) is 19.5 Å². The number of aromatic nitrogens is 5. The van der Waals surface area contributed by atoms with Crippen molar-refractivity contribution in [1.82, 2.24) is 30.1 Å². The molecule has 0 unspecified atom stereocenters. The van der Waals surface area contributed by atoms with Crippen LogP contribution in [0.25, 0.3) is 11.0 Å². The molecular weight excluding hydrogens is 220 g/mol. The molecule has 0 aliphatic heterocycles. The highest BCUT2D eigenvalue weighted by Gasteiger charge is 2.08. The lowest BCUT2D eigenvalue weighted by atomic mass is 10.4. The van der Waals surface area contributed by atoms with Crippen LogP contribution in [0.4, 0.5) is 0 Å². The van der Waals surface area contributed by atoms with E-state index in [0.29, 0.717) is 17.6 Å². The number of fused-ring (bicyclic) bond motifs is 1. The summed E-state index contributed by atoms with van der Waals surface area (Å²) in [6.07, 6.45) is 2.39. The highest BCUT2D eigenvalue weighted by Crippen LogP contribution is 2.01. The zero-order valence-corrected chi connectivity index (χ0v) is 10.1. The minimum Gasteiger partial charge on any atom is -0.317 e. The van der Waals surface area contributed by atoms with Crippen LogP contribution in [0.2, 0.25) is 0 Å². The van der Waals surface area contributed by atoms with E-state index in [1.165, 1.54) is 10.9 Å². The third-order valence-electron chi connectivity index (χ3n) is 2.59. The van der Waals surface area contributed by atoms with Crippen LogP contribution >= 0.6 is 0 Å². The maximum absolute atomic E-state index is 12.0. The molecule has 0 spiro atoms. The van der Waals surface area contributed by atoms with Crippen molar-refractivity contribution in [3.63, 3.8) is 0 Å². The van der Waals surface area contributed by atoms with E-state index in [-0.39, 0.29) is 5.56 Å². The Labute approximate surface area is 98.4 Å². The Morgan fingerprint density at radius 3 is 3.06 bits per heavy atom. The summed E-state index contributed by atoms with van der Waals surface area (Å²) in [6.45, 7) is 4.43. The normalized spacial score (nSPS) is 11.2. The molecule has 0 aliphatic carbocycles. The largest absolute Gasteiger partial charge is 0.317 e. The van der Waals surface area contributed by atoms with Crippen molar-refractivity contribution in [1.29, 1.82) is 0 Å². The number of aryl methyl sites for hydroxylation is 2. The first kappa shape index (κ1) is 11.7. The van der Waals surface area contributed by atoms with Crippen LogP contribution in [0, 0.1) is 0 Å². The van der Waals surface area contributed by atoms with Crippen LogP contribution in [0.15, 0.2) is 11.0 Å². The van der Waals surface area contributed by atoms with Crippen molar-refractivity contribution in [2.45, 2.75) is 19.9 Å². The Hall–Kier alpha value is -1.76. The summed E-state index contributed by atoms with van der Waals surface area (Å²) >= 11 is 0. The van der Waals surface area contributed by atoms with Gasteiger partial charge in [0.1, 0.15) is 5.39 Å². The Kier molecular flexibility index (Phi) is 3.48. The average Bonchev–Trinajstić information content (AvgIpc) is 2.70. The zero-order valence-electron chi connectivity index (χ0n) is 10.1. The molecule has 2 aromatic rings. The molecule has 7 nitrogen and oxygen atoms in total. The van der Waals surface area contributed by atoms with Gasteiger partial charge in [0, 0.05) is 13.6 Å². The van der Waals surface area contributed by atoms with Crippen LogP contribution in [0.3, 0.4) is 0 Å². The van der Waals surface area contributed by atoms with Gasteiger partial charge in [-0.25, -0.2) is 9.36 Å². The molecule has 0 bridgehead atoms. The van der Waals surface area contributed by atoms with Gasteiger partial charge in [0.25, 0.3) is 5.56 Å². The maximum Gasteiger partial charge on any atom is 0.280 e. The van der Waals surface area contributed by atoms with Crippen LogP contribution in [0.1, 0.15) is 13.3 Å². The second kappa shape index (κ2) is 5.05. The Morgan fingerprint density at radius 2 is 2.29 bits per heavy atom. The first-order valence-corrected chi connectivity index (χ1v) is 5.70. The standard InChI is InChI=1S/C10H16N6O/c1-3-11-5-4-6-16-10(17)8-7-12-15(2)9(8)13-14-16/h7,11H,3-6H2,1-2H3. The summed E-state index contributed by atoms with van der Waals surface area (Å²) in [7, 11) is 1.74. The molecule has 0 radical (unpaired) electrons. The lowest BCUT2D eigenvalue weighted by molar-refractivity contribution is 0.507. The lowest BCUT2D eigenvalue weighted by Gasteiger charge is -2.03. The van der Waals surface area contributed by atoms with Crippen molar-refractivity contribution in [2.75, 3.05) is 13.1 Å². The summed E-state index contributed by atoms with van der Waals surface area (Å²) in [5.41, 5.74) is 0.400. The second-order valence-electron chi connectivity index (χ2n) is 3.83. The lowest BCUT2D eigenvalue weighted by Crippen LogP contribution is -2.26. The molecule has 7 heteroatoms. The molecule has 17 heavy (non-hydrogen) atoms. The average molecular weight is 236 g/mol. The minimum absolute atomic E-state index is 0.125. The van der Waals surface area contributed by atoms with E-state index in [1.54, 1.807) is 11.7 Å². The molecule has 2 rings (SSSR count). The van der Waals surface area contributed by atoms with Gasteiger partial charge in [0.15, 0.2) is 5.65 Å². The minimum atomic E-state index is -0.125. The number of hydrogen-bond donors (Lipinski definition) is 1. The highest BCUT2D eigenvalue weighted by molar-refractivity contribution is 5.72. The van der Waals surface area contributed by atoms with Crippen molar-refractivity contribution >= 4 is 11.0 Å². The third kappa shape index (κ3) is 2.33. The molecule has 0 amide bonds. The van der Waals surface area contributed by atoms with Crippen molar-refractivity contribution < 1.29 is 0 Å². The van der Waals surface area contributed by atoms with E-state index in [9.17, 15) is 4.79 Å². The quantitative estimate of drug-likeness (QED) is 0.710. The number of nitrogens with one attached hydrogen (secondary N) is 1. The second-order valence-corrected chi connectivity index (χ2v) is 3.83. The fraction of sp³-hybridized carbons (Fsp3) is 0.600. The monoisotopic (exact) mass is 236 g/mol. The smallest absolute Gasteiger partial charge is 0.280 e. The van der Waals surface area contributed by atoms with Gasteiger partial charge in [-0.15, -0.1) is 5.10 Å². The number of nitrogens with zero attached hydrogens (tertiary/aromatic N) is 5. The SMILES string of the molecule is CCNCCCn1nnc2c(cnn2C)c1=O. The molecule has 0 aliphatic rings. The van der Waals surface area contributed by atoms with Crippen LogP contribution in [-0.4, -0.2) is 37.9 Å². The predicted octanol–water partition coefficient (Wildman–Crippen LogP) is -0.475. The van der Waals surface area contributed by atoms with Gasteiger partial charge in [0.05, 0.1) is 6.20 Å². The van der Waals surface area contributed by atoms with Crippen LogP contribution in [-0.2, 0) is 13.6 Å². The zero-order chi connectivity index (χ0) is 12.3. The molecule has 0 atom stereocenters. The molecule has 0 aromatic carbocycles. The Balaban J connectivity index is 2.18. The first-order chi connectivity index (χ1) is 8.24. The molecule has 92 valence electrons. The Bertz CT molecular complexity index is 557. The van der Waals surface area contributed by atoms with Gasteiger partial charge in [0.2, 0.25) is 0 Å². The van der Waals surface area contributed by atoms with Crippen LogP contribution in [0.5, 0.6) is 0 Å². The van der Waals surface area contributed by atoms with Crippen molar-refractivity contribution in [2.24, 2.45) is 7.05 Å².